The molecule has 0 fully saturated rings. The van der Waals surface area contributed by atoms with Crippen LogP contribution in [-0.2, 0) is 25.6 Å². The van der Waals surface area contributed by atoms with E-state index in [1.807, 2.05) is 10.8 Å². The normalized spacial score (nSPS) is 18.3. The summed E-state index contributed by atoms with van der Waals surface area (Å²) in [5.74, 6) is 1.26. The van der Waals surface area contributed by atoms with Gasteiger partial charge in [-0.15, -0.1) is 0 Å². The zero-order valence-corrected chi connectivity index (χ0v) is 12.0. The molecular weight excluding hydrogens is 293 g/mol. The van der Waals surface area contributed by atoms with Crippen LogP contribution in [0.2, 0.25) is 0 Å². The summed E-state index contributed by atoms with van der Waals surface area (Å²) in [5, 5.41) is 9.22. The Bertz CT molecular complexity index is 646. The summed E-state index contributed by atoms with van der Waals surface area (Å²) in [6.07, 6.45) is -0.0897. The van der Waals surface area contributed by atoms with E-state index in [4.69, 9.17) is 0 Å². The third-order valence-electron chi connectivity index (χ3n) is 4.06. The fourth-order valence-corrected chi connectivity index (χ4v) is 2.83. The summed E-state index contributed by atoms with van der Waals surface area (Å²) in [6.45, 7) is 0.928. The van der Waals surface area contributed by atoms with E-state index in [2.05, 4.69) is 4.98 Å². The smallest absolute Gasteiger partial charge is 0.396 e. The molecule has 0 bridgehead atoms. The maximum absolute atomic E-state index is 12.5. The summed E-state index contributed by atoms with van der Waals surface area (Å²) in [5.41, 5.74) is 1.03. The summed E-state index contributed by atoms with van der Waals surface area (Å²) in [7, 11) is 0. The van der Waals surface area contributed by atoms with E-state index in [-0.39, 0.29) is 12.5 Å². The third kappa shape index (κ3) is 3.16. The molecule has 1 N–H and O–H groups in total. The number of fused-ring (bicyclic) bond motifs is 1. The van der Waals surface area contributed by atoms with Crippen molar-refractivity contribution in [2.24, 2.45) is 5.92 Å². The highest BCUT2D eigenvalue weighted by molar-refractivity contribution is 5.27. The lowest BCUT2D eigenvalue weighted by molar-refractivity contribution is -0.137. The molecule has 6 heteroatoms. The first-order valence-corrected chi connectivity index (χ1v) is 7.27. The average molecular weight is 310 g/mol. The van der Waals surface area contributed by atoms with Gasteiger partial charge in [0.1, 0.15) is 5.82 Å². The fraction of sp³-hybridized carbons (Fsp3) is 0.438. The quantitative estimate of drug-likeness (QED) is 0.946. The van der Waals surface area contributed by atoms with Gasteiger partial charge in [-0.25, -0.2) is 4.98 Å². The van der Waals surface area contributed by atoms with Crippen LogP contribution in [0.4, 0.5) is 13.2 Å². The van der Waals surface area contributed by atoms with Crippen molar-refractivity contribution in [2.45, 2.75) is 32.0 Å². The predicted octanol–water partition coefficient (Wildman–Crippen LogP) is 3.05. The van der Waals surface area contributed by atoms with E-state index in [9.17, 15) is 18.3 Å². The molecule has 0 spiro atoms. The maximum atomic E-state index is 12.5. The number of nitrogens with zero attached hydrogens (tertiary/aromatic N) is 2. The van der Waals surface area contributed by atoms with Crippen molar-refractivity contribution in [1.82, 2.24) is 9.55 Å². The molecular formula is C16H17F3N2O. The average Bonchev–Trinajstić information content (AvgIpc) is 2.88. The Kier molecular flexibility index (Phi) is 3.95. The van der Waals surface area contributed by atoms with Gasteiger partial charge in [0.15, 0.2) is 0 Å². The molecule has 1 aromatic heterocycles. The molecule has 0 radical (unpaired) electrons. The molecule has 2 aromatic rings. The van der Waals surface area contributed by atoms with Crippen molar-refractivity contribution in [3.8, 4) is 0 Å². The van der Waals surface area contributed by atoms with Crippen molar-refractivity contribution in [2.75, 3.05) is 6.61 Å². The van der Waals surface area contributed by atoms with Crippen LogP contribution in [0.1, 0.15) is 29.1 Å². The van der Waals surface area contributed by atoms with E-state index in [0.717, 1.165) is 48.6 Å². The van der Waals surface area contributed by atoms with Crippen LogP contribution in [0.15, 0.2) is 30.5 Å². The van der Waals surface area contributed by atoms with E-state index in [0.29, 0.717) is 6.42 Å². The van der Waals surface area contributed by atoms with E-state index >= 15 is 0 Å². The highest BCUT2D eigenvalue weighted by Gasteiger charge is 2.30. The first-order valence-electron chi connectivity index (χ1n) is 7.27. The van der Waals surface area contributed by atoms with Crippen molar-refractivity contribution < 1.29 is 18.3 Å². The van der Waals surface area contributed by atoms with Gasteiger partial charge in [0.2, 0.25) is 0 Å². The molecule has 1 aromatic carbocycles. The monoisotopic (exact) mass is 310 g/mol. The van der Waals surface area contributed by atoms with Crippen LogP contribution in [0.25, 0.3) is 0 Å². The van der Waals surface area contributed by atoms with Gasteiger partial charge in [-0.3, -0.25) is 0 Å². The predicted molar refractivity (Wildman–Crippen MR) is 75.4 cm³/mol. The molecule has 1 aliphatic rings. The molecule has 0 saturated heterocycles. The molecule has 3 nitrogen and oxygen atoms in total. The summed E-state index contributed by atoms with van der Waals surface area (Å²) in [6, 6.07) is 5.20. The standard InChI is InChI=1S/C16H17F3N2O/c17-16(18,19)13-4-1-11(2-5-13)7-14-9-21-8-12(10-22)3-6-15(21)20-14/h1-2,4-5,9,12,22H,3,6-8,10H2. The van der Waals surface area contributed by atoms with Gasteiger partial charge in [-0.05, 0) is 24.1 Å². The van der Waals surface area contributed by atoms with Gasteiger partial charge >= 0.3 is 6.18 Å². The van der Waals surface area contributed by atoms with Gasteiger partial charge in [0.05, 0.1) is 11.3 Å². The van der Waals surface area contributed by atoms with E-state index in [1.165, 1.54) is 12.1 Å². The van der Waals surface area contributed by atoms with E-state index < -0.39 is 11.7 Å². The van der Waals surface area contributed by atoms with Crippen LogP contribution in [0, 0.1) is 5.92 Å². The van der Waals surface area contributed by atoms with Crippen LogP contribution in [0.5, 0.6) is 0 Å². The lowest BCUT2D eigenvalue weighted by Crippen LogP contribution is -2.22. The SMILES string of the molecule is OCC1CCc2nc(Cc3ccc(C(F)(F)F)cc3)cn2C1. The Hall–Kier alpha value is -1.82. The van der Waals surface area contributed by atoms with Crippen LogP contribution >= 0.6 is 0 Å². The second-order valence-corrected chi connectivity index (χ2v) is 5.76. The number of imidazole rings is 1. The number of aryl methyl sites for hydroxylation is 1. The zero-order chi connectivity index (χ0) is 15.7. The van der Waals surface area contributed by atoms with Gasteiger partial charge in [0, 0.05) is 38.1 Å². The molecule has 1 atom stereocenters. The Morgan fingerprint density at radius 1 is 1.23 bits per heavy atom. The zero-order valence-electron chi connectivity index (χ0n) is 12.0. The number of alkyl halides is 3. The van der Waals surface area contributed by atoms with Crippen LogP contribution in [0.3, 0.4) is 0 Å². The van der Waals surface area contributed by atoms with Gasteiger partial charge in [-0.1, -0.05) is 12.1 Å². The number of aliphatic hydroxyl groups excluding tert-OH is 1. The minimum absolute atomic E-state index is 0.172. The van der Waals surface area contributed by atoms with Crippen molar-refractivity contribution in [3.05, 3.63) is 53.1 Å². The minimum atomic E-state index is -4.30. The number of hydrogen-bond acceptors (Lipinski definition) is 2. The molecule has 1 aliphatic heterocycles. The van der Waals surface area contributed by atoms with Crippen molar-refractivity contribution in [1.29, 1.82) is 0 Å². The van der Waals surface area contributed by atoms with E-state index in [1.54, 1.807) is 0 Å². The molecule has 0 aliphatic carbocycles. The van der Waals surface area contributed by atoms with Crippen LogP contribution in [-0.4, -0.2) is 21.3 Å². The Labute approximate surface area is 126 Å². The molecule has 22 heavy (non-hydrogen) atoms. The largest absolute Gasteiger partial charge is 0.416 e. The highest BCUT2D eigenvalue weighted by Crippen LogP contribution is 2.29. The maximum Gasteiger partial charge on any atom is 0.416 e. The topological polar surface area (TPSA) is 38.1 Å². The van der Waals surface area contributed by atoms with Gasteiger partial charge < -0.3 is 9.67 Å². The molecule has 0 saturated carbocycles. The number of aliphatic hydroxyl groups is 1. The first-order chi connectivity index (χ1) is 10.5. The summed E-state index contributed by atoms with van der Waals surface area (Å²) < 4.78 is 39.7. The Morgan fingerprint density at radius 3 is 2.59 bits per heavy atom. The number of benzene rings is 1. The molecule has 2 heterocycles. The van der Waals surface area contributed by atoms with Gasteiger partial charge in [0.25, 0.3) is 0 Å². The Morgan fingerprint density at radius 2 is 1.95 bits per heavy atom. The number of rotatable bonds is 3. The molecule has 0 amide bonds. The van der Waals surface area contributed by atoms with Crippen molar-refractivity contribution in [3.63, 3.8) is 0 Å². The second-order valence-electron chi connectivity index (χ2n) is 5.76. The number of aromatic nitrogens is 2. The molecule has 1 unspecified atom stereocenters. The van der Waals surface area contributed by atoms with Crippen molar-refractivity contribution >= 4 is 0 Å². The lowest BCUT2D eigenvalue weighted by atomic mass is 10.0. The molecule has 118 valence electrons. The highest BCUT2D eigenvalue weighted by atomic mass is 19.4. The number of hydrogen-bond donors (Lipinski definition) is 1. The third-order valence-corrected chi connectivity index (χ3v) is 4.06. The van der Waals surface area contributed by atoms with Gasteiger partial charge in [-0.2, -0.15) is 13.2 Å². The minimum Gasteiger partial charge on any atom is -0.396 e. The molecule has 3 rings (SSSR count). The summed E-state index contributed by atoms with van der Waals surface area (Å²) >= 11 is 0. The Balaban J connectivity index is 1.73. The second kappa shape index (κ2) is 5.76. The summed E-state index contributed by atoms with van der Waals surface area (Å²) in [4.78, 5) is 4.55. The fourth-order valence-electron chi connectivity index (χ4n) is 2.83. The number of halogens is 3. The lowest BCUT2D eigenvalue weighted by Gasteiger charge is -2.21. The first kappa shape index (κ1) is 15.1. The van der Waals surface area contributed by atoms with Crippen LogP contribution < -0.4 is 0 Å².